The number of fused-ring (bicyclic) bond motifs is 1. The standard InChI is InChI=1S/C19H19NO5/c1-12-7-8-14-5-3-4-6-16(14)19(12)20(15-9-18(23)25-10-15)17(22)11-24-13(2)21/h3-8,15H,9-11H2,1-2H3. The molecule has 0 spiro atoms. The van der Waals surface area contributed by atoms with Crippen molar-refractivity contribution >= 4 is 34.3 Å². The summed E-state index contributed by atoms with van der Waals surface area (Å²) in [4.78, 5) is 37.0. The van der Waals surface area contributed by atoms with Crippen molar-refractivity contribution in [3.63, 3.8) is 0 Å². The van der Waals surface area contributed by atoms with Crippen LogP contribution in [0.2, 0.25) is 0 Å². The van der Waals surface area contributed by atoms with Crippen LogP contribution in [0.4, 0.5) is 5.69 Å². The highest BCUT2D eigenvalue weighted by Gasteiger charge is 2.35. The van der Waals surface area contributed by atoms with E-state index in [0.29, 0.717) is 0 Å². The lowest BCUT2D eigenvalue weighted by Gasteiger charge is -2.30. The predicted octanol–water partition coefficient (Wildman–Crippen LogP) is 2.36. The van der Waals surface area contributed by atoms with Gasteiger partial charge in [-0.2, -0.15) is 0 Å². The second-order valence-corrected chi connectivity index (χ2v) is 6.04. The van der Waals surface area contributed by atoms with Gasteiger partial charge in [0.25, 0.3) is 5.91 Å². The Labute approximate surface area is 145 Å². The Hall–Kier alpha value is -2.89. The number of hydrogen-bond acceptors (Lipinski definition) is 5. The number of carbonyl (C=O) groups is 3. The molecule has 1 heterocycles. The number of rotatable bonds is 4. The molecule has 1 aliphatic heterocycles. The SMILES string of the molecule is CC(=O)OCC(=O)N(c1c(C)ccc2ccccc12)C1COC(=O)C1. The van der Waals surface area contributed by atoms with Crippen LogP contribution >= 0.6 is 0 Å². The number of esters is 2. The quantitative estimate of drug-likeness (QED) is 0.798. The van der Waals surface area contributed by atoms with E-state index in [4.69, 9.17) is 9.47 Å². The zero-order valence-corrected chi connectivity index (χ0v) is 14.2. The number of ether oxygens (including phenoxy) is 2. The summed E-state index contributed by atoms with van der Waals surface area (Å²) in [7, 11) is 0. The normalized spacial score (nSPS) is 16.6. The number of cyclic esters (lactones) is 1. The molecule has 0 bridgehead atoms. The third-order valence-corrected chi connectivity index (χ3v) is 4.21. The van der Waals surface area contributed by atoms with Gasteiger partial charge in [-0.15, -0.1) is 0 Å². The largest absolute Gasteiger partial charge is 0.463 e. The lowest BCUT2D eigenvalue weighted by atomic mass is 10.0. The van der Waals surface area contributed by atoms with Crippen molar-refractivity contribution in [3.05, 3.63) is 42.0 Å². The molecule has 0 saturated carbocycles. The molecule has 1 fully saturated rings. The molecule has 0 N–H and O–H groups in total. The second kappa shape index (κ2) is 6.93. The fraction of sp³-hybridized carbons (Fsp3) is 0.316. The molecule has 2 aromatic carbocycles. The van der Waals surface area contributed by atoms with E-state index >= 15 is 0 Å². The molecule has 25 heavy (non-hydrogen) atoms. The van der Waals surface area contributed by atoms with Gasteiger partial charge < -0.3 is 14.4 Å². The fourth-order valence-electron chi connectivity index (χ4n) is 3.09. The monoisotopic (exact) mass is 341 g/mol. The number of benzene rings is 2. The lowest BCUT2D eigenvalue weighted by Crippen LogP contribution is -2.43. The minimum absolute atomic E-state index is 0.120. The van der Waals surface area contributed by atoms with Gasteiger partial charge in [0, 0.05) is 12.3 Å². The van der Waals surface area contributed by atoms with Gasteiger partial charge in [-0.25, -0.2) is 0 Å². The van der Waals surface area contributed by atoms with Crippen molar-refractivity contribution in [2.75, 3.05) is 18.1 Å². The van der Waals surface area contributed by atoms with Gasteiger partial charge in [0.2, 0.25) is 0 Å². The maximum atomic E-state index is 12.8. The third kappa shape index (κ3) is 3.47. The summed E-state index contributed by atoms with van der Waals surface area (Å²) >= 11 is 0. The maximum absolute atomic E-state index is 12.8. The maximum Gasteiger partial charge on any atom is 0.308 e. The highest BCUT2D eigenvalue weighted by Crippen LogP contribution is 2.33. The van der Waals surface area contributed by atoms with E-state index in [0.717, 1.165) is 22.0 Å². The van der Waals surface area contributed by atoms with E-state index in [1.54, 1.807) is 4.90 Å². The summed E-state index contributed by atoms with van der Waals surface area (Å²) < 4.78 is 9.94. The fourth-order valence-corrected chi connectivity index (χ4v) is 3.09. The zero-order valence-electron chi connectivity index (χ0n) is 14.2. The van der Waals surface area contributed by atoms with Gasteiger partial charge in [-0.3, -0.25) is 14.4 Å². The van der Waals surface area contributed by atoms with E-state index in [1.165, 1.54) is 6.92 Å². The second-order valence-electron chi connectivity index (χ2n) is 6.04. The molecule has 1 amide bonds. The van der Waals surface area contributed by atoms with Crippen molar-refractivity contribution in [1.29, 1.82) is 0 Å². The molecule has 2 aromatic rings. The molecule has 1 unspecified atom stereocenters. The first-order valence-electron chi connectivity index (χ1n) is 8.07. The van der Waals surface area contributed by atoms with Crippen molar-refractivity contribution in [2.24, 2.45) is 0 Å². The van der Waals surface area contributed by atoms with Gasteiger partial charge in [0.05, 0.1) is 18.2 Å². The first-order chi connectivity index (χ1) is 12.0. The summed E-state index contributed by atoms with van der Waals surface area (Å²) in [6, 6.07) is 11.2. The molecule has 0 aromatic heterocycles. The van der Waals surface area contributed by atoms with Crippen LogP contribution < -0.4 is 4.90 Å². The van der Waals surface area contributed by atoms with Gasteiger partial charge >= 0.3 is 11.9 Å². The predicted molar refractivity (Wildman–Crippen MR) is 92.2 cm³/mol. The van der Waals surface area contributed by atoms with E-state index in [1.807, 2.05) is 43.3 Å². The number of aryl methyl sites for hydroxylation is 1. The van der Waals surface area contributed by atoms with Crippen LogP contribution in [0, 0.1) is 6.92 Å². The van der Waals surface area contributed by atoms with Crippen molar-refractivity contribution in [3.8, 4) is 0 Å². The van der Waals surface area contributed by atoms with E-state index < -0.39 is 12.0 Å². The first kappa shape index (κ1) is 17.0. The average Bonchev–Trinajstić information content (AvgIpc) is 3.01. The summed E-state index contributed by atoms with van der Waals surface area (Å²) in [5.74, 6) is -1.24. The van der Waals surface area contributed by atoms with Crippen molar-refractivity contribution < 1.29 is 23.9 Å². The van der Waals surface area contributed by atoms with Crippen molar-refractivity contribution in [2.45, 2.75) is 26.3 Å². The zero-order chi connectivity index (χ0) is 18.0. The molecule has 1 saturated heterocycles. The molecule has 6 nitrogen and oxygen atoms in total. The summed E-state index contributed by atoms with van der Waals surface area (Å²) in [6.45, 7) is 2.92. The molecule has 0 aliphatic carbocycles. The topological polar surface area (TPSA) is 72.9 Å². The summed E-state index contributed by atoms with van der Waals surface area (Å²) in [6.07, 6.45) is 0.120. The van der Waals surface area contributed by atoms with Crippen LogP contribution in [-0.2, 0) is 23.9 Å². The molecule has 0 radical (unpaired) electrons. The van der Waals surface area contributed by atoms with E-state index in [-0.39, 0.29) is 31.5 Å². The Morgan fingerprint density at radius 2 is 2.00 bits per heavy atom. The van der Waals surface area contributed by atoms with Crippen LogP contribution in [0.5, 0.6) is 0 Å². The molecule has 130 valence electrons. The van der Waals surface area contributed by atoms with Gasteiger partial charge in [0.1, 0.15) is 6.61 Å². The lowest BCUT2D eigenvalue weighted by molar-refractivity contribution is -0.145. The Morgan fingerprint density at radius 1 is 1.24 bits per heavy atom. The van der Waals surface area contributed by atoms with Crippen LogP contribution in [0.15, 0.2) is 36.4 Å². The smallest absolute Gasteiger partial charge is 0.308 e. The van der Waals surface area contributed by atoms with Gasteiger partial charge in [-0.1, -0.05) is 36.4 Å². The highest BCUT2D eigenvalue weighted by atomic mass is 16.5. The van der Waals surface area contributed by atoms with Crippen LogP contribution in [0.25, 0.3) is 10.8 Å². The van der Waals surface area contributed by atoms with Gasteiger partial charge in [-0.05, 0) is 17.9 Å². The van der Waals surface area contributed by atoms with Gasteiger partial charge in [0.15, 0.2) is 6.61 Å². The summed E-state index contributed by atoms with van der Waals surface area (Å²) in [5, 5.41) is 1.89. The minimum atomic E-state index is -0.526. The highest BCUT2D eigenvalue weighted by molar-refractivity contribution is 6.06. The molecule has 1 aliphatic rings. The number of amides is 1. The van der Waals surface area contributed by atoms with Crippen LogP contribution in [-0.4, -0.2) is 37.1 Å². The first-order valence-corrected chi connectivity index (χ1v) is 8.07. The van der Waals surface area contributed by atoms with Crippen LogP contribution in [0.1, 0.15) is 18.9 Å². The van der Waals surface area contributed by atoms with E-state index in [2.05, 4.69) is 0 Å². The molecule has 6 heteroatoms. The molecular formula is C19H19NO5. The number of nitrogens with zero attached hydrogens (tertiary/aromatic N) is 1. The molecule has 1 atom stereocenters. The Bertz CT molecular complexity index is 845. The Kier molecular flexibility index (Phi) is 4.70. The number of anilines is 1. The molecular weight excluding hydrogens is 322 g/mol. The Morgan fingerprint density at radius 3 is 2.68 bits per heavy atom. The molecule has 3 rings (SSSR count). The van der Waals surface area contributed by atoms with Crippen LogP contribution in [0.3, 0.4) is 0 Å². The average molecular weight is 341 g/mol. The van der Waals surface area contributed by atoms with E-state index in [9.17, 15) is 14.4 Å². The third-order valence-electron chi connectivity index (χ3n) is 4.21. The minimum Gasteiger partial charge on any atom is -0.463 e. The number of hydrogen-bond donors (Lipinski definition) is 0. The summed E-state index contributed by atoms with van der Waals surface area (Å²) in [5.41, 5.74) is 1.62. The van der Waals surface area contributed by atoms with Crippen molar-refractivity contribution in [1.82, 2.24) is 0 Å². The number of carbonyl (C=O) groups excluding carboxylic acids is 3. The Balaban J connectivity index is 2.08.